The second-order valence-corrected chi connectivity index (χ2v) is 5.56. The molecule has 1 aliphatic carbocycles. The minimum atomic E-state index is 0.141. The van der Waals surface area contributed by atoms with Gasteiger partial charge in [0.1, 0.15) is 0 Å². The predicted molar refractivity (Wildman–Crippen MR) is 78.8 cm³/mol. The molecule has 1 heterocycles. The topological polar surface area (TPSA) is 62.4 Å². The van der Waals surface area contributed by atoms with E-state index >= 15 is 0 Å². The Kier molecular flexibility index (Phi) is 4.62. The molecular weight excluding hydrogens is 266 g/mol. The average Bonchev–Trinajstić information content (AvgIpc) is 3.26. The van der Waals surface area contributed by atoms with E-state index in [1.54, 1.807) is 0 Å². The van der Waals surface area contributed by atoms with E-state index < -0.39 is 0 Å². The van der Waals surface area contributed by atoms with Gasteiger partial charge in [0.05, 0.1) is 13.2 Å². The quantitative estimate of drug-likeness (QED) is 0.804. The van der Waals surface area contributed by atoms with Crippen molar-refractivity contribution < 1.29 is 9.63 Å². The van der Waals surface area contributed by atoms with Crippen LogP contribution in [-0.4, -0.2) is 39.8 Å². The summed E-state index contributed by atoms with van der Waals surface area (Å²) in [5.41, 5.74) is 1.30. The lowest BCUT2D eigenvalue weighted by atomic mass is 10.1. The van der Waals surface area contributed by atoms with Crippen molar-refractivity contribution in [2.75, 3.05) is 19.7 Å². The summed E-state index contributed by atoms with van der Waals surface area (Å²) < 4.78 is 5.28. The Hall–Kier alpha value is -1.72. The number of benzene rings is 1. The zero-order chi connectivity index (χ0) is 14.5. The third-order valence-corrected chi connectivity index (χ3v) is 3.75. The van der Waals surface area contributed by atoms with Crippen LogP contribution in [0, 0.1) is 0 Å². The van der Waals surface area contributed by atoms with Gasteiger partial charge in [-0.25, -0.2) is 0 Å². The van der Waals surface area contributed by atoms with Gasteiger partial charge in [-0.1, -0.05) is 35.5 Å². The average molecular weight is 287 g/mol. The molecule has 0 amide bonds. The number of rotatable bonds is 8. The van der Waals surface area contributed by atoms with Crippen molar-refractivity contribution in [3.63, 3.8) is 0 Å². The molecule has 2 aromatic rings. The first-order valence-electron chi connectivity index (χ1n) is 7.55. The van der Waals surface area contributed by atoms with Gasteiger partial charge in [-0.3, -0.25) is 4.90 Å². The van der Waals surface area contributed by atoms with E-state index in [1.165, 1.54) is 5.56 Å². The van der Waals surface area contributed by atoms with Crippen molar-refractivity contribution in [1.29, 1.82) is 0 Å². The Morgan fingerprint density at radius 2 is 2.00 bits per heavy atom. The molecule has 3 rings (SSSR count). The van der Waals surface area contributed by atoms with Crippen LogP contribution in [0.5, 0.6) is 0 Å². The smallest absolute Gasteiger partial charge is 0.229 e. The van der Waals surface area contributed by atoms with Crippen LogP contribution in [0.2, 0.25) is 0 Å². The highest BCUT2D eigenvalue weighted by molar-refractivity contribution is 5.14. The molecule has 1 aromatic carbocycles. The van der Waals surface area contributed by atoms with Crippen LogP contribution < -0.4 is 0 Å². The van der Waals surface area contributed by atoms with E-state index in [0.717, 1.165) is 37.5 Å². The van der Waals surface area contributed by atoms with Gasteiger partial charge in [-0.2, -0.15) is 4.98 Å². The molecule has 0 bridgehead atoms. The Bertz CT molecular complexity index is 552. The first-order valence-corrected chi connectivity index (χ1v) is 7.55. The van der Waals surface area contributed by atoms with Crippen molar-refractivity contribution in [1.82, 2.24) is 15.0 Å². The maximum absolute atomic E-state index is 9.21. The van der Waals surface area contributed by atoms with Gasteiger partial charge in [0.25, 0.3) is 0 Å². The van der Waals surface area contributed by atoms with Crippen molar-refractivity contribution in [3.8, 4) is 0 Å². The summed E-state index contributed by atoms with van der Waals surface area (Å²) in [5, 5.41) is 13.3. The fourth-order valence-corrected chi connectivity index (χ4v) is 2.37. The van der Waals surface area contributed by atoms with Crippen molar-refractivity contribution >= 4 is 0 Å². The Morgan fingerprint density at radius 3 is 2.71 bits per heavy atom. The summed E-state index contributed by atoms with van der Waals surface area (Å²) in [5.74, 6) is 1.98. The van der Waals surface area contributed by atoms with Gasteiger partial charge in [0.2, 0.25) is 5.89 Å². The lowest BCUT2D eigenvalue weighted by Crippen LogP contribution is -2.29. The molecular formula is C16H21N3O2. The summed E-state index contributed by atoms with van der Waals surface area (Å²) in [6.07, 6.45) is 3.28. The molecule has 5 heteroatoms. The zero-order valence-corrected chi connectivity index (χ0v) is 12.1. The number of aliphatic hydroxyl groups is 1. The molecule has 0 radical (unpaired) electrons. The summed E-state index contributed by atoms with van der Waals surface area (Å²) in [7, 11) is 0. The first kappa shape index (κ1) is 14.2. The van der Waals surface area contributed by atoms with Crippen LogP contribution in [0.15, 0.2) is 34.9 Å². The van der Waals surface area contributed by atoms with E-state index in [4.69, 9.17) is 4.52 Å². The van der Waals surface area contributed by atoms with E-state index in [0.29, 0.717) is 19.0 Å². The molecule has 1 N–H and O–H groups in total. The molecule has 0 saturated heterocycles. The molecule has 1 fully saturated rings. The van der Waals surface area contributed by atoms with E-state index in [1.807, 2.05) is 18.2 Å². The summed E-state index contributed by atoms with van der Waals surface area (Å²) in [4.78, 5) is 6.61. The third-order valence-electron chi connectivity index (χ3n) is 3.75. The van der Waals surface area contributed by atoms with E-state index in [2.05, 4.69) is 27.2 Å². The molecule has 0 unspecified atom stereocenters. The fraction of sp³-hybridized carbons (Fsp3) is 0.500. The highest BCUT2D eigenvalue weighted by Crippen LogP contribution is 2.38. The predicted octanol–water partition coefficient (Wildman–Crippen LogP) is 1.98. The van der Waals surface area contributed by atoms with Gasteiger partial charge < -0.3 is 9.63 Å². The minimum Gasteiger partial charge on any atom is -0.395 e. The Balaban J connectivity index is 1.55. The van der Waals surface area contributed by atoms with Crippen LogP contribution in [0.1, 0.15) is 36.0 Å². The minimum absolute atomic E-state index is 0.141. The molecule has 1 aliphatic rings. The molecule has 0 atom stereocenters. The lowest BCUT2D eigenvalue weighted by molar-refractivity contribution is 0.187. The van der Waals surface area contributed by atoms with Gasteiger partial charge in [0.15, 0.2) is 5.82 Å². The monoisotopic (exact) mass is 287 g/mol. The molecule has 0 spiro atoms. The molecule has 112 valence electrons. The maximum atomic E-state index is 9.21. The standard InChI is InChI=1S/C16H21N3O2/c20-11-10-19(9-8-13-4-2-1-3-5-13)12-15-17-16(21-18-15)14-6-7-14/h1-5,14,20H,6-12H2. The Labute approximate surface area is 124 Å². The van der Waals surface area contributed by atoms with Gasteiger partial charge in [-0.05, 0) is 24.8 Å². The number of aliphatic hydroxyl groups excluding tert-OH is 1. The molecule has 1 saturated carbocycles. The number of hydrogen-bond acceptors (Lipinski definition) is 5. The van der Waals surface area contributed by atoms with Crippen LogP contribution in [0.25, 0.3) is 0 Å². The highest BCUT2D eigenvalue weighted by Gasteiger charge is 2.29. The van der Waals surface area contributed by atoms with Crippen LogP contribution in [0.3, 0.4) is 0 Å². The molecule has 21 heavy (non-hydrogen) atoms. The second-order valence-electron chi connectivity index (χ2n) is 5.56. The largest absolute Gasteiger partial charge is 0.395 e. The van der Waals surface area contributed by atoms with Crippen LogP contribution >= 0.6 is 0 Å². The van der Waals surface area contributed by atoms with Crippen LogP contribution in [-0.2, 0) is 13.0 Å². The second kappa shape index (κ2) is 6.83. The summed E-state index contributed by atoms with van der Waals surface area (Å²) >= 11 is 0. The normalized spacial score (nSPS) is 14.8. The fourth-order valence-electron chi connectivity index (χ4n) is 2.37. The van der Waals surface area contributed by atoms with Gasteiger partial charge in [-0.15, -0.1) is 0 Å². The lowest BCUT2D eigenvalue weighted by Gasteiger charge is -2.19. The third kappa shape index (κ3) is 4.12. The zero-order valence-electron chi connectivity index (χ0n) is 12.1. The van der Waals surface area contributed by atoms with Crippen molar-refractivity contribution in [2.45, 2.75) is 31.7 Å². The highest BCUT2D eigenvalue weighted by atomic mass is 16.5. The summed E-state index contributed by atoms with van der Waals surface area (Å²) in [6, 6.07) is 10.4. The van der Waals surface area contributed by atoms with Crippen LogP contribution in [0.4, 0.5) is 0 Å². The molecule has 0 aliphatic heterocycles. The molecule has 1 aromatic heterocycles. The SMILES string of the molecule is OCCN(CCc1ccccc1)Cc1noc(C2CC2)n1. The van der Waals surface area contributed by atoms with Gasteiger partial charge in [0, 0.05) is 19.0 Å². The molecule has 5 nitrogen and oxygen atoms in total. The number of nitrogens with zero attached hydrogens (tertiary/aromatic N) is 3. The first-order chi connectivity index (χ1) is 10.3. The van der Waals surface area contributed by atoms with Crippen molar-refractivity contribution in [2.24, 2.45) is 0 Å². The Morgan fingerprint density at radius 1 is 1.19 bits per heavy atom. The van der Waals surface area contributed by atoms with E-state index in [-0.39, 0.29) is 6.61 Å². The maximum Gasteiger partial charge on any atom is 0.229 e. The van der Waals surface area contributed by atoms with Gasteiger partial charge >= 0.3 is 0 Å². The van der Waals surface area contributed by atoms with Crippen molar-refractivity contribution in [3.05, 3.63) is 47.6 Å². The van der Waals surface area contributed by atoms with E-state index in [9.17, 15) is 5.11 Å². The number of hydrogen-bond donors (Lipinski definition) is 1. The summed E-state index contributed by atoms with van der Waals surface area (Å²) in [6.45, 7) is 2.27. The number of aromatic nitrogens is 2.